The summed E-state index contributed by atoms with van der Waals surface area (Å²) in [6.45, 7) is 5.69. The molecule has 7 heteroatoms. The maximum atomic E-state index is 12.9. The summed E-state index contributed by atoms with van der Waals surface area (Å²) in [6, 6.07) is 23.8. The average molecular weight is 504 g/mol. The van der Waals surface area contributed by atoms with E-state index in [1.54, 1.807) is 39.0 Å². The number of carbonyl (C=O) groups is 3. The van der Waals surface area contributed by atoms with E-state index in [-0.39, 0.29) is 25.6 Å². The predicted molar refractivity (Wildman–Crippen MR) is 141 cm³/mol. The third-order valence-corrected chi connectivity index (χ3v) is 5.25. The van der Waals surface area contributed by atoms with Crippen LogP contribution in [0.4, 0.5) is 10.5 Å². The Morgan fingerprint density at radius 3 is 1.97 bits per heavy atom. The summed E-state index contributed by atoms with van der Waals surface area (Å²) in [5, 5.41) is 2.70. The van der Waals surface area contributed by atoms with Gasteiger partial charge in [-0.2, -0.15) is 0 Å². The van der Waals surface area contributed by atoms with Gasteiger partial charge in [0, 0.05) is 12.1 Å². The van der Waals surface area contributed by atoms with Gasteiger partial charge in [0.15, 0.2) is 0 Å². The minimum atomic E-state index is -0.645. The molecule has 3 rings (SSSR count). The zero-order valence-corrected chi connectivity index (χ0v) is 21.5. The van der Waals surface area contributed by atoms with E-state index in [1.165, 1.54) is 0 Å². The lowest BCUT2D eigenvalue weighted by atomic mass is 10.0. The van der Waals surface area contributed by atoms with Crippen molar-refractivity contribution < 1.29 is 28.6 Å². The highest BCUT2D eigenvalue weighted by molar-refractivity contribution is 5.93. The fourth-order valence-electron chi connectivity index (χ4n) is 3.53. The first kappa shape index (κ1) is 27.5. The molecule has 0 radical (unpaired) electrons. The maximum Gasteiger partial charge on any atom is 0.412 e. The molecular formula is C30H33NO6. The lowest BCUT2D eigenvalue weighted by Gasteiger charge is -2.20. The Morgan fingerprint density at radius 2 is 1.38 bits per heavy atom. The van der Waals surface area contributed by atoms with Crippen LogP contribution >= 0.6 is 0 Å². The van der Waals surface area contributed by atoms with Crippen LogP contribution < -0.4 is 5.32 Å². The summed E-state index contributed by atoms with van der Waals surface area (Å²) in [5.41, 5.74) is 2.66. The van der Waals surface area contributed by atoms with Gasteiger partial charge in [-0.15, -0.1) is 0 Å². The van der Waals surface area contributed by atoms with Crippen LogP contribution in [0.1, 0.15) is 60.7 Å². The molecule has 0 atom stereocenters. The normalized spacial score (nSPS) is 10.9. The van der Waals surface area contributed by atoms with Gasteiger partial charge < -0.3 is 14.2 Å². The number of esters is 2. The molecule has 0 saturated heterocycles. The number of anilines is 1. The van der Waals surface area contributed by atoms with Crippen molar-refractivity contribution >= 4 is 23.7 Å². The van der Waals surface area contributed by atoms with Gasteiger partial charge in [-0.3, -0.25) is 10.1 Å². The van der Waals surface area contributed by atoms with Crippen LogP contribution in [0.5, 0.6) is 0 Å². The van der Waals surface area contributed by atoms with Crippen molar-refractivity contribution in [2.24, 2.45) is 0 Å². The number of ether oxygens (including phenoxy) is 3. The maximum absolute atomic E-state index is 12.9. The third-order valence-electron chi connectivity index (χ3n) is 5.25. The molecule has 37 heavy (non-hydrogen) atoms. The molecule has 0 aliphatic heterocycles. The van der Waals surface area contributed by atoms with Gasteiger partial charge in [-0.05, 0) is 68.5 Å². The Bertz CT molecular complexity index is 1190. The number of aryl methyl sites for hydroxylation is 1. The average Bonchev–Trinajstić information content (AvgIpc) is 2.86. The highest BCUT2D eigenvalue weighted by Gasteiger charge is 2.18. The van der Waals surface area contributed by atoms with Crippen LogP contribution in [0, 0.1) is 0 Å². The number of amides is 1. The molecule has 194 valence electrons. The van der Waals surface area contributed by atoms with Crippen LogP contribution in [0.15, 0.2) is 78.9 Å². The Hall–Kier alpha value is -4.13. The lowest BCUT2D eigenvalue weighted by Crippen LogP contribution is -2.27. The van der Waals surface area contributed by atoms with Gasteiger partial charge in [0.2, 0.25) is 0 Å². The molecule has 1 amide bonds. The van der Waals surface area contributed by atoms with Crippen molar-refractivity contribution in [2.75, 3.05) is 5.32 Å². The molecule has 3 aromatic rings. The third kappa shape index (κ3) is 9.80. The second-order valence-corrected chi connectivity index (χ2v) is 9.56. The molecule has 0 saturated carbocycles. The van der Waals surface area contributed by atoms with E-state index in [4.69, 9.17) is 14.2 Å². The smallest absolute Gasteiger partial charge is 0.412 e. The number of hydrogen-bond acceptors (Lipinski definition) is 6. The highest BCUT2D eigenvalue weighted by atomic mass is 16.6. The van der Waals surface area contributed by atoms with Gasteiger partial charge in [0.25, 0.3) is 0 Å². The lowest BCUT2D eigenvalue weighted by molar-refractivity contribution is -0.145. The van der Waals surface area contributed by atoms with Gasteiger partial charge in [0.1, 0.15) is 18.8 Å². The minimum Gasteiger partial charge on any atom is -0.461 e. The van der Waals surface area contributed by atoms with Gasteiger partial charge in [0.05, 0.1) is 5.56 Å². The van der Waals surface area contributed by atoms with E-state index >= 15 is 0 Å². The van der Waals surface area contributed by atoms with E-state index in [1.807, 2.05) is 60.7 Å². The molecule has 1 N–H and O–H groups in total. The fourth-order valence-corrected chi connectivity index (χ4v) is 3.53. The summed E-state index contributed by atoms with van der Waals surface area (Å²) in [7, 11) is 0. The number of carbonyl (C=O) groups excluding carboxylic acids is 3. The first-order chi connectivity index (χ1) is 17.7. The van der Waals surface area contributed by atoms with E-state index in [0.717, 1.165) is 11.1 Å². The second-order valence-electron chi connectivity index (χ2n) is 9.56. The van der Waals surface area contributed by atoms with Gasteiger partial charge >= 0.3 is 18.0 Å². The minimum absolute atomic E-state index is 0.142. The number of nitrogens with one attached hydrogen (secondary N) is 1. The molecule has 0 spiro atoms. The number of rotatable bonds is 10. The van der Waals surface area contributed by atoms with Crippen molar-refractivity contribution in [3.8, 4) is 0 Å². The summed E-state index contributed by atoms with van der Waals surface area (Å²) in [6.07, 6.45) is 0.472. The van der Waals surface area contributed by atoms with Crippen LogP contribution in [0.2, 0.25) is 0 Å². The quantitative estimate of drug-likeness (QED) is 0.252. The molecule has 0 heterocycles. The first-order valence-corrected chi connectivity index (χ1v) is 12.2. The van der Waals surface area contributed by atoms with Crippen molar-refractivity contribution in [2.45, 2.75) is 58.8 Å². The van der Waals surface area contributed by atoms with Gasteiger partial charge in [-0.1, -0.05) is 60.7 Å². The summed E-state index contributed by atoms with van der Waals surface area (Å²) in [4.78, 5) is 37.4. The molecule has 0 unspecified atom stereocenters. The topological polar surface area (TPSA) is 90.9 Å². The van der Waals surface area contributed by atoms with E-state index in [9.17, 15) is 14.4 Å². The molecule has 7 nitrogen and oxygen atoms in total. The molecule has 0 aliphatic rings. The van der Waals surface area contributed by atoms with Crippen LogP contribution in [-0.2, 0) is 38.6 Å². The molecule has 0 bridgehead atoms. The van der Waals surface area contributed by atoms with Crippen molar-refractivity contribution in [3.05, 3.63) is 101 Å². The number of hydrogen-bond donors (Lipinski definition) is 1. The second kappa shape index (κ2) is 13.3. The molecule has 0 aliphatic carbocycles. The van der Waals surface area contributed by atoms with E-state index in [0.29, 0.717) is 29.7 Å². The molecule has 0 fully saturated rings. The standard InChI is InChI=1S/C30H33NO6/c1-30(2,3)37-29(34)31-25-17-18-26(28(33)36-21-23-13-8-5-9-14-23)24(19-25)15-10-16-27(32)35-20-22-11-6-4-7-12-22/h4-9,11-14,17-19H,10,15-16,20-21H2,1-3H3,(H,31,34). The van der Waals surface area contributed by atoms with Crippen LogP contribution in [-0.4, -0.2) is 23.6 Å². The molecule has 0 aromatic heterocycles. The van der Waals surface area contributed by atoms with Crippen molar-refractivity contribution in [1.29, 1.82) is 0 Å². The zero-order chi connectivity index (χ0) is 26.7. The Labute approximate surface area is 217 Å². The molecular weight excluding hydrogens is 470 g/mol. The van der Waals surface area contributed by atoms with Crippen molar-refractivity contribution in [1.82, 2.24) is 0 Å². The van der Waals surface area contributed by atoms with Crippen LogP contribution in [0.25, 0.3) is 0 Å². The highest BCUT2D eigenvalue weighted by Crippen LogP contribution is 2.21. The number of benzene rings is 3. The largest absolute Gasteiger partial charge is 0.461 e. The first-order valence-electron chi connectivity index (χ1n) is 12.2. The SMILES string of the molecule is CC(C)(C)OC(=O)Nc1ccc(C(=O)OCc2ccccc2)c(CCCC(=O)OCc2ccccc2)c1. The van der Waals surface area contributed by atoms with E-state index < -0.39 is 17.7 Å². The van der Waals surface area contributed by atoms with Crippen LogP contribution in [0.3, 0.4) is 0 Å². The summed E-state index contributed by atoms with van der Waals surface area (Å²) in [5.74, 6) is -0.797. The Balaban J connectivity index is 1.65. The Kier molecular flexibility index (Phi) is 9.84. The predicted octanol–water partition coefficient (Wildman–Crippen LogP) is 6.46. The van der Waals surface area contributed by atoms with E-state index in [2.05, 4.69) is 5.32 Å². The van der Waals surface area contributed by atoms with Crippen molar-refractivity contribution in [3.63, 3.8) is 0 Å². The summed E-state index contributed by atoms with van der Waals surface area (Å²) < 4.78 is 16.2. The molecule has 3 aromatic carbocycles. The zero-order valence-electron chi connectivity index (χ0n) is 21.5. The monoisotopic (exact) mass is 503 g/mol. The Morgan fingerprint density at radius 1 is 0.784 bits per heavy atom. The van der Waals surface area contributed by atoms with Gasteiger partial charge in [-0.25, -0.2) is 9.59 Å². The summed E-state index contributed by atoms with van der Waals surface area (Å²) >= 11 is 0. The fraction of sp³-hybridized carbons (Fsp3) is 0.300.